The van der Waals surface area contributed by atoms with Crippen molar-refractivity contribution in [3.63, 3.8) is 0 Å². The predicted octanol–water partition coefficient (Wildman–Crippen LogP) is 0.137. The zero-order valence-corrected chi connectivity index (χ0v) is 7.70. The van der Waals surface area contributed by atoms with Crippen molar-refractivity contribution in [3.8, 4) is 0 Å². The Morgan fingerprint density at radius 1 is 1.62 bits per heavy atom. The van der Waals surface area contributed by atoms with Gasteiger partial charge in [0, 0.05) is 0 Å². The smallest absolute Gasteiger partial charge is 0.396 e. The van der Waals surface area contributed by atoms with E-state index >= 15 is 0 Å². The highest BCUT2D eigenvalue weighted by Crippen LogP contribution is 2.09. The number of hydrogen-bond donors (Lipinski definition) is 1. The van der Waals surface area contributed by atoms with Gasteiger partial charge in [-0.25, -0.2) is 4.79 Å². The van der Waals surface area contributed by atoms with Gasteiger partial charge < -0.3 is 14.5 Å². The van der Waals surface area contributed by atoms with E-state index in [9.17, 15) is 4.79 Å². The van der Waals surface area contributed by atoms with Crippen LogP contribution in [-0.2, 0) is 4.74 Å². The monoisotopic (exact) mass is 185 g/mol. The third-order valence-corrected chi connectivity index (χ3v) is 1.60. The molecule has 0 spiro atoms. The molecule has 1 N–H and O–H groups in total. The number of nitrogens with zero attached hydrogens (tertiary/aromatic N) is 2. The van der Waals surface area contributed by atoms with Crippen molar-refractivity contribution >= 4 is 5.97 Å². The molecule has 0 aliphatic carbocycles. The van der Waals surface area contributed by atoms with Crippen molar-refractivity contribution in [1.29, 1.82) is 0 Å². The number of carbonyl (C=O) groups is 1. The molecule has 6 heteroatoms. The van der Waals surface area contributed by atoms with Crippen LogP contribution in [0.4, 0.5) is 0 Å². The van der Waals surface area contributed by atoms with Crippen molar-refractivity contribution in [1.82, 2.24) is 15.5 Å². The van der Waals surface area contributed by atoms with E-state index in [-0.39, 0.29) is 11.9 Å². The maximum absolute atomic E-state index is 10.9. The molecule has 1 unspecified atom stereocenters. The molecule has 13 heavy (non-hydrogen) atoms. The molecule has 1 aromatic heterocycles. The fourth-order valence-corrected chi connectivity index (χ4v) is 0.703. The number of esters is 1. The number of rotatable bonds is 3. The van der Waals surface area contributed by atoms with Crippen LogP contribution in [0.3, 0.4) is 0 Å². The highest BCUT2D eigenvalue weighted by molar-refractivity contribution is 5.83. The fourth-order valence-electron chi connectivity index (χ4n) is 0.703. The first-order valence-electron chi connectivity index (χ1n) is 3.78. The third kappa shape index (κ3) is 2.03. The van der Waals surface area contributed by atoms with E-state index < -0.39 is 5.97 Å². The Morgan fingerprint density at radius 3 is 2.85 bits per heavy atom. The minimum Gasteiger partial charge on any atom is -0.462 e. The maximum atomic E-state index is 10.9. The molecule has 0 saturated heterocycles. The fraction of sp³-hybridized carbons (Fsp3) is 0.571. The van der Waals surface area contributed by atoms with Gasteiger partial charge in [0.15, 0.2) is 0 Å². The van der Waals surface area contributed by atoms with Crippen LogP contribution in [0.5, 0.6) is 0 Å². The number of hydrogen-bond acceptors (Lipinski definition) is 6. The van der Waals surface area contributed by atoms with E-state index in [1.165, 1.54) is 7.11 Å². The Morgan fingerprint density at radius 2 is 2.31 bits per heavy atom. The molecule has 1 heterocycles. The van der Waals surface area contributed by atoms with Gasteiger partial charge in [-0.1, -0.05) is 0 Å². The number of aromatic nitrogens is 2. The molecule has 0 radical (unpaired) electrons. The highest BCUT2D eigenvalue weighted by Gasteiger charge is 2.17. The van der Waals surface area contributed by atoms with Gasteiger partial charge in [0.2, 0.25) is 5.89 Å². The van der Waals surface area contributed by atoms with Gasteiger partial charge in [0.25, 0.3) is 0 Å². The summed E-state index contributed by atoms with van der Waals surface area (Å²) in [6.07, 6.45) is 0. The van der Waals surface area contributed by atoms with Crippen molar-refractivity contribution < 1.29 is 13.9 Å². The summed E-state index contributed by atoms with van der Waals surface area (Å²) < 4.78 is 9.44. The second-order valence-corrected chi connectivity index (χ2v) is 2.45. The van der Waals surface area contributed by atoms with Crippen molar-refractivity contribution in [3.05, 3.63) is 11.8 Å². The Bertz CT molecular complexity index is 297. The number of ether oxygens (including phenoxy) is 1. The second-order valence-electron chi connectivity index (χ2n) is 2.45. The molecule has 1 rings (SSSR count). The summed E-state index contributed by atoms with van der Waals surface area (Å²) in [5, 5.41) is 10.1. The minimum atomic E-state index is -0.623. The molecular weight excluding hydrogens is 174 g/mol. The summed E-state index contributed by atoms with van der Waals surface area (Å²) >= 11 is 0. The normalized spacial score (nSPS) is 12.5. The van der Waals surface area contributed by atoms with Crippen LogP contribution in [0.2, 0.25) is 0 Å². The van der Waals surface area contributed by atoms with Crippen LogP contribution < -0.4 is 5.32 Å². The quantitative estimate of drug-likeness (QED) is 0.675. The predicted molar refractivity (Wildman–Crippen MR) is 43.1 cm³/mol. The Kier molecular flexibility index (Phi) is 2.97. The van der Waals surface area contributed by atoms with E-state index in [1.807, 2.05) is 6.92 Å². The van der Waals surface area contributed by atoms with Crippen LogP contribution in [0.25, 0.3) is 0 Å². The molecule has 1 aromatic rings. The maximum Gasteiger partial charge on any atom is 0.396 e. The highest BCUT2D eigenvalue weighted by atomic mass is 16.5. The topological polar surface area (TPSA) is 77.2 Å². The Balaban J connectivity index is 2.80. The molecule has 0 aromatic carbocycles. The lowest BCUT2D eigenvalue weighted by Crippen LogP contribution is -2.12. The van der Waals surface area contributed by atoms with Gasteiger partial charge in [-0.2, -0.15) is 0 Å². The van der Waals surface area contributed by atoms with Crippen LogP contribution >= 0.6 is 0 Å². The van der Waals surface area contributed by atoms with E-state index in [0.29, 0.717) is 5.89 Å². The van der Waals surface area contributed by atoms with Gasteiger partial charge in [-0.15, -0.1) is 10.2 Å². The van der Waals surface area contributed by atoms with Gasteiger partial charge in [0.1, 0.15) is 0 Å². The second kappa shape index (κ2) is 3.99. The standard InChI is InChI=1S/C7H11N3O3/c1-4(8-2)5-9-10-6(13-5)7(11)12-3/h4,8H,1-3H3. The van der Waals surface area contributed by atoms with E-state index in [1.54, 1.807) is 7.05 Å². The third-order valence-electron chi connectivity index (χ3n) is 1.60. The van der Waals surface area contributed by atoms with Gasteiger partial charge in [-0.05, 0) is 14.0 Å². The largest absolute Gasteiger partial charge is 0.462 e. The van der Waals surface area contributed by atoms with Crippen LogP contribution in [0.1, 0.15) is 29.5 Å². The summed E-state index contributed by atoms with van der Waals surface area (Å²) in [6.45, 7) is 1.84. The molecule has 0 aliphatic heterocycles. The molecule has 72 valence electrons. The lowest BCUT2D eigenvalue weighted by Gasteiger charge is -2.01. The summed E-state index contributed by atoms with van der Waals surface area (Å²) in [4.78, 5) is 10.9. The lowest BCUT2D eigenvalue weighted by molar-refractivity contribution is 0.0553. The first-order chi connectivity index (χ1) is 6.19. The number of methoxy groups -OCH3 is 1. The van der Waals surface area contributed by atoms with Crippen molar-refractivity contribution in [2.75, 3.05) is 14.2 Å². The van der Waals surface area contributed by atoms with Crippen molar-refractivity contribution in [2.24, 2.45) is 0 Å². The summed E-state index contributed by atoms with van der Waals surface area (Å²) in [5.74, 6) is -0.385. The van der Waals surface area contributed by atoms with E-state index in [4.69, 9.17) is 4.42 Å². The average molecular weight is 185 g/mol. The zero-order chi connectivity index (χ0) is 9.84. The summed E-state index contributed by atoms with van der Waals surface area (Å²) in [7, 11) is 3.01. The summed E-state index contributed by atoms with van der Waals surface area (Å²) in [5.41, 5.74) is 0. The lowest BCUT2D eigenvalue weighted by atomic mass is 10.3. The number of nitrogens with one attached hydrogen (secondary N) is 1. The molecule has 6 nitrogen and oxygen atoms in total. The first-order valence-corrected chi connectivity index (χ1v) is 3.78. The molecule has 0 fully saturated rings. The first kappa shape index (κ1) is 9.66. The minimum absolute atomic E-state index is 0.0779. The Labute approximate surface area is 75.3 Å². The number of carbonyl (C=O) groups excluding carboxylic acids is 1. The van der Waals surface area contributed by atoms with Crippen LogP contribution in [-0.4, -0.2) is 30.3 Å². The van der Waals surface area contributed by atoms with Gasteiger partial charge in [-0.3, -0.25) is 0 Å². The summed E-state index contributed by atoms with van der Waals surface area (Å²) in [6, 6.07) is -0.0779. The van der Waals surface area contributed by atoms with E-state index in [0.717, 1.165) is 0 Å². The average Bonchev–Trinajstić information content (AvgIpc) is 2.64. The van der Waals surface area contributed by atoms with Crippen LogP contribution in [0, 0.1) is 0 Å². The van der Waals surface area contributed by atoms with Crippen LogP contribution in [0.15, 0.2) is 4.42 Å². The SMILES string of the molecule is CNC(C)c1nnc(C(=O)OC)o1. The molecule has 0 saturated carbocycles. The zero-order valence-electron chi connectivity index (χ0n) is 7.70. The van der Waals surface area contributed by atoms with Gasteiger partial charge >= 0.3 is 11.9 Å². The molecule has 1 atom stereocenters. The molecular formula is C7H11N3O3. The molecule has 0 amide bonds. The molecule has 0 aliphatic rings. The van der Waals surface area contributed by atoms with E-state index in [2.05, 4.69) is 20.3 Å². The van der Waals surface area contributed by atoms with Crippen molar-refractivity contribution in [2.45, 2.75) is 13.0 Å². The molecule has 0 bridgehead atoms. The van der Waals surface area contributed by atoms with Gasteiger partial charge in [0.05, 0.1) is 13.2 Å². The Hall–Kier alpha value is -1.43.